The van der Waals surface area contributed by atoms with Crippen molar-refractivity contribution in [3.05, 3.63) is 69.8 Å². The molecule has 1 amide bonds. The first-order valence-corrected chi connectivity index (χ1v) is 9.01. The van der Waals surface area contributed by atoms with E-state index >= 15 is 0 Å². The molecule has 124 valence electrons. The summed E-state index contributed by atoms with van der Waals surface area (Å²) in [6.07, 6.45) is 2.11. The topological polar surface area (TPSA) is 34.0 Å². The molecule has 0 saturated heterocycles. The number of hydrogen-bond acceptors (Lipinski definition) is 1. The molecule has 2 aromatic carbocycles. The highest BCUT2D eigenvalue weighted by Crippen LogP contribution is 2.26. The summed E-state index contributed by atoms with van der Waals surface area (Å²) in [5.41, 5.74) is 4.34. The third-order valence-electron chi connectivity index (χ3n) is 4.27. The van der Waals surface area contributed by atoms with Crippen molar-refractivity contribution >= 4 is 32.7 Å². The second-order valence-electron chi connectivity index (χ2n) is 5.92. The van der Waals surface area contributed by atoms with Crippen LogP contribution in [0.15, 0.2) is 53.0 Å². The number of benzene rings is 2. The highest BCUT2D eigenvalue weighted by atomic mass is 79.9. The van der Waals surface area contributed by atoms with Gasteiger partial charge < -0.3 is 9.88 Å². The molecule has 0 aliphatic carbocycles. The lowest BCUT2D eigenvalue weighted by atomic mass is 10.1. The molecule has 0 bridgehead atoms. The third kappa shape index (κ3) is 3.24. The van der Waals surface area contributed by atoms with Gasteiger partial charge in [0, 0.05) is 34.8 Å². The Balaban J connectivity index is 2.13. The van der Waals surface area contributed by atoms with Crippen LogP contribution in [0.25, 0.3) is 10.9 Å². The van der Waals surface area contributed by atoms with Crippen LogP contribution in [-0.4, -0.2) is 17.5 Å². The zero-order valence-electron chi connectivity index (χ0n) is 14.0. The van der Waals surface area contributed by atoms with Gasteiger partial charge in [0.2, 0.25) is 0 Å². The number of nitrogens with zero attached hydrogens (tertiary/aromatic N) is 1. The lowest BCUT2D eigenvalue weighted by molar-refractivity contribution is 0.0963. The van der Waals surface area contributed by atoms with Gasteiger partial charge in [0.1, 0.15) is 0 Å². The van der Waals surface area contributed by atoms with Gasteiger partial charge in [-0.2, -0.15) is 0 Å². The Morgan fingerprint density at radius 3 is 2.67 bits per heavy atom. The van der Waals surface area contributed by atoms with E-state index in [1.807, 2.05) is 24.3 Å². The van der Waals surface area contributed by atoms with Gasteiger partial charge >= 0.3 is 0 Å². The Kier molecular flexibility index (Phi) is 5.05. The molecule has 0 atom stereocenters. The Labute approximate surface area is 150 Å². The number of rotatable bonds is 5. The van der Waals surface area contributed by atoms with Gasteiger partial charge in [-0.1, -0.05) is 53.5 Å². The molecule has 0 aliphatic heterocycles. The maximum absolute atomic E-state index is 12.0. The summed E-state index contributed by atoms with van der Waals surface area (Å²) in [5, 5.41) is 3.88. The second-order valence-corrected chi connectivity index (χ2v) is 6.77. The molecule has 3 aromatic rings. The van der Waals surface area contributed by atoms with Crippen LogP contribution < -0.4 is 5.32 Å². The molecular weight excluding hydrogens is 364 g/mol. The van der Waals surface area contributed by atoms with Gasteiger partial charge in [0.05, 0.1) is 0 Å². The molecule has 1 N–H and O–H groups in total. The summed E-state index contributed by atoms with van der Waals surface area (Å²) in [5.74, 6) is -0.0532. The zero-order chi connectivity index (χ0) is 17.1. The smallest absolute Gasteiger partial charge is 0.251 e. The Bertz CT molecular complexity index is 882. The summed E-state index contributed by atoms with van der Waals surface area (Å²) < 4.78 is 3.43. The number of fused-ring (bicyclic) bond motifs is 1. The van der Waals surface area contributed by atoms with E-state index in [2.05, 4.69) is 57.0 Å². The van der Waals surface area contributed by atoms with Gasteiger partial charge in [0.15, 0.2) is 0 Å². The molecule has 0 fully saturated rings. The number of aromatic nitrogens is 1. The standard InChI is InChI=1S/C20H21BrN2O/c1-3-6-17-11-14-9-10-15(20(24)22-2)12-19(14)23(17)13-16-7-4-5-8-18(16)21/h4-5,7-12H,3,6,13H2,1-2H3,(H,22,24). The van der Waals surface area contributed by atoms with Crippen LogP contribution in [0.2, 0.25) is 0 Å². The Morgan fingerprint density at radius 1 is 1.17 bits per heavy atom. The highest BCUT2D eigenvalue weighted by molar-refractivity contribution is 9.10. The molecule has 0 unspecified atom stereocenters. The van der Waals surface area contributed by atoms with Crippen molar-refractivity contribution in [2.75, 3.05) is 7.05 Å². The first-order chi connectivity index (χ1) is 11.6. The van der Waals surface area contributed by atoms with Crippen LogP contribution >= 0.6 is 15.9 Å². The van der Waals surface area contributed by atoms with E-state index in [0.717, 1.165) is 29.4 Å². The van der Waals surface area contributed by atoms with E-state index in [4.69, 9.17) is 0 Å². The zero-order valence-corrected chi connectivity index (χ0v) is 15.6. The first kappa shape index (κ1) is 16.8. The number of amides is 1. The largest absolute Gasteiger partial charge is 0.355 e. The summed E-state index contributed by atoms with van der Waals surface area (Å²) >= 11 is 3.64. The first-order valence-electron chi connectivity index (χ1n) is 8.21. The Hall–Kier alpha value is -2.07. The fourth-order valence-corrected chi connectivity index (χ4v) is 3.45. The maximum Gasteiger partial charge on any atom is 0.251 e. The van der Waals surface area contributed by atoms with Crippen molar-refractivity contribution in [1.82, 2.24) is 9.88 Å². The van der Waals surface area contributed by atoms with Crippen LogP contribution in [0.4, 0.5) is 0 Å². The van der Waals surface area contributed by atoms with E-state index in [1.54, 1.807) is 7.05 Å². The number of halogens is 1. The minimum atomic E-state index is -0.0532. The molecule has 1 aromatic heterocycles. The quantitative estimate of drug-likeness (QED) is 0.675. The van der Waals surface area contributed by atoms with Crippen LogP contribution in [0.1, 0.15) is 35.0 Å². The summed E-state index contributed by atoms with van der Waals surface area (Å²) in [6, 6.07) is 16.4. The number of hydrogen-bond donors (Lipinski definition) is 1. The molecule has 1 heterocycles. The molecule has 4 heteroatoms. The number of aryl methyl sites for hydroxylation is 1. The van der Waals surface area contributed by atoms with Crippen LogP contribution in [0.3, 0.4) is 0 Å². The molecule has 0 spiro atoms. The third-order valence-corrected chi connectivity index (χ3v) is 5.05. The van der Waals surface area contributed by atoms with Gasteiger partial charge in [-0.25, -0.2) is 0 Å². The SMILES string of the molecule is CCCc1cc2ccc(C(=O)NC)cc2n1Cc1ccccc1Br. The second kappa shape index (κ2) is 7.22. The van der Waals surface area contributed by atoms with E-state index in [9.17, 15) is 4.79 Å². The lowest BCUT2D eigenvalue weighted by Gasteiger charge is -2.12. The fraction of sp³-hybridized carbons (Fsp3) is 0.250. The van der Waals surface area contributed by atoms with Crippen molar-refractivity contribution in [3.63, 3.8) is 0 Å². The van der Waals surface area contributed by atoms with Crippen LogP contribution in [0.5, 0.6) is 0 Å². The monoisotopic (exact) mass is 384 g/mol. The maximum atomic E-state index is 12.0. The average molecular weight is 385 g/mol. The van der Waals surface area contributed by atoms with Crippen LogP contribution in [-0.2, 0) is 13.0 Å². The van der Waals surface area contributed by atoms with Crippen molar-refractivity contribution in [2.24, 2.45) is 0 Å². The molecule has 0 saturated carbocycles. The molecule has 3 rings (SSSR count). The van der Waals surface area contributed by atoms with Crippen molar-refractivity contribution < 1.29 is 4.79 Å². The van der Waals surface area contributed by atoms with E-state index in [1.165, 1.54) is 16.6 Å². The fourth-order valence-electron chi connectivity index (χ4n) is 3.04. The number of carbonyl (C=O) groups is 1. The van der Waals surface area contributed by atoms with Gasteiger partial charge in [0.25, 0.3) is 5.91 Å². The van der Waals surface area contributed by atoms with Gasteiger partial charge in [-0.05, 0) is 41.6 Å². The van der Waals surface area contributed by atoms with E-state index in [-0.39, 0.29) is 5.91 Å². The van der Waals surface area contributed by atoms with Crippen molar-refractivity contribution in [2.45, 2.75) is 26.3 Å². The average Bonchev–Trinajstić information content (AvgIpc) is 2.93. The number of nitrogens with one attached hydrogen (secondary N) is 1. The molecular formula is C20H21BrN2O. The molecule has 0 radical (unpaired) electrons. The van der Waals surface area contributed by atoms with Crippen molar-refractivity contribution in [3.8, 4) is 0 Å². The summed E-state index contributed by atoms with van der Waals surface area (Å²) in [6.45, 7) is 2.98. The predicted molar refractivity (Wildman–Crippen MR) is 103 cm³/mol. The van der Waals surface area contributed by atoms with Gasteiger partial charge in [-0.3, -0.25) is 4.79 Å². The summed E-state index contributed by atoms with van der Waals surface area (Å²) in [4.78, 5) is 12.0. The minimum Gasteiger partial charge on any atom is -0.355 e. The molecule has 0 aliphatic rings. The molecule has 3 nitrogen and oxygen atoms in total. The van der Waals surface area contributed by atoms with Gasteiger partial charge in [-0.15, -0.1) is 0 Å². The normalized spacial score (nSPS) is 11.0. The Morgan fingerprint density at radius 2 is 1.96 bits per heavy atom. The summed E-state index contributed by atoms with van der Waals surface area (Å²) in [7, 11) is 1.66. The minimum absolute atomic E-state index is 0.0532. The lowest BCUT2D eigenvalue weighted by Crippen LogP contribution is -2.17. The van der Waals surface area contributed by atoms with Crippen LogP contribution in [0, 0.1) is 0 Å². The molecule has 24 heavy (non-hydrogen) atoms. The number of carbonyl (C=O) groups excluding carboxylic acids is 1. The van der Waals surface area contributed by atoms with Crippen molar-refractivity contribution in [1.29, 1.82) is 0 Å². The van der Waals surface area contributed by atoms with E-state index in [0.29, 0.717) is 5.56 Å². The highest BCUT2D eigenvalue weighted by Gasteiger charge is 2.12. The predicted octanol–water partition coefficient (Wildman–Crippen LogP) is 4.76. The van der Waals surface area contributed by atoms with E-state index < -0.39 is 0 Å².